The quantitative estimate of drug-likeness (QED) is 0.779. The van der Waals surface area contributed by atoms with Gasteiger partial charge in [0, 0.05) is 5.69 Å². The molecule has 4 heteroatoms. The fourth-order valence-corrected chi connectivity index (χ4v) is 1.33. The zero-order chi connectivity index (χ0) is 10.7. The van der Waals surface area contributed by atoms with Crippen molar-refractivity contribution in [2.45, 2.75) is 6.92 Å². The molecule has 2 rings (SSSR count). The van der Waals surface area contributed by atoms with E-state index < -0.39 is 0 Å². The number of rotatable bonds is 3. The van der Waals surface area contributed by atoms with Gasteiger partial charge < -0.3 is 14.9 Å². The largest absolute Gasteiger partial charge is 0.494 e. The van der Waals surface area contributed by atoms with Crippen molar-refractivity contribution in [1.29, 1.82) is 0 Å². The SMILES string of the molecule is CCOc1ccc(N)c(-c2ncco2)c1. The molecule has 0 radical (unpaired) electrons. The minimum atomic E-state index is 0.508. The van der Waals surface area contributed by atoms with Gasteiger partial charge in [0.1, 0.15) is 12.0 Å². The monoisotopic (exact) mass is 204 g/mol. The molecule has 1 heterocycles. The van der Waals surface area contributed by atoms with Crippen LogP contribution in [0.25, 0.3) is 11.5 Å². The van der Waals surface area contributed by atoms with E-state index in [9.17, 15) is 0 Å². The number of hydrogen-bond donors (Lipinski definition) is 1. The van der Waals surface area contributed by atoms with Gasteiger partial charge in [-0.25, -0.2) is 4.98 Å². The van der Waals surface area contributed by atoms with Crippen molar-refractivity contribution < 1.29 is 9.15 Å². The first kappa shape index (κ1) is 9.58. The Morgan fingerprint density at radius 2 is 2.33 bits per heavy atom. The van der Waals surface area contributed by atoms with Crippen LogP contribution in [0, 0.1) is 0 Å². The number of oxazole rings is 1. The van der Waals surface area contributed by atoms with Gasteiger partial charge in [0.05, 0.1) is 18.4 Å². The maximum absolute atomic E-state index is 5.82. The Labute approximate surface area is 87.7 Å². The molecule has 0 saturated carbocycles. The van der Waals surface area contributed by atoms with Gasteiger partial charge in [-0.2, -0.15) is 0 Å². The van der Waals surface area contributed by atoms with Crippen LogP contribution in [0.3, 0.4) is 0 Å². The van der Waals surface area contributed by atoms with Crippen molar-refractivity contribution >= 4 is 5.69 Å². The highest BCUT2D eigenvalue weighted by Gasteiger charge is 2.08. The number of aromatic nitrogens is 1. The zero-order valence-electron chi connectivity index (χ0n) is 8.43. The van der Waals surface area contributed by atoms with Gasteiger partial charge in [0.25, 0.3) is 0 Å². The first-order valence-electron chi connectivity index (χ1n) is 4.73. The Bertz CT molecular complexity index is 438. The van der Waals surface area contributed by atoms with Gasteiger partial charge in [0.15, 0.2) is 0 Å². The van der Waals surface area contributed by atoms with Crippen molar-refractivity contribution in [3.8, 4) is 17.2 Å². The molecular weight excluding hydrogens is 192 g/mol. The van der Waals surface area contributed by atoms with Crippen molar-refractivity contribution in [2.24, 2.45) is 0 Å². The predicted molar refractivity (Wildman–Crippen MR) is 57.5 cm³/mol. The Morgan fingerprint density at radius 3 is 3.00 bits per heavy atom. The fourth-order valence-electron chi connectivity index (χ4n) is 1.33. The van der Waals surface area contributed by atoms with Crippen LogP contribution in [0.15, 0.2) is 35.1 Å². The Morgan fingerprint density at radius 1 is 1.47 bits per heavy atom. The number of nitrogens with two attached hydrogens (primary N) is 1. The van der Waals surface area contributed by atoms with Gasteiger partial charge in [0.2, 0.25) is 5.89 Å². The summed E-state index contributed by atoms with van der Waals surface area (Å²) >= 11 is 0. The number of nitrogen functional groups attached to an aromatic ring is 1. The Balaban J connectivity index is 2.41. The van der Waals surface area contributed by atoms with Crippen molar-refractivity contribution in [3.63, 3.8) is 0 Å². The number of nitrogens with zero attached hydrogens (tertiary/aromatic N) is 1. The summed E-state index contributed by atoms with van der Waals surface area (Å²) in [6, 6.07) is 5.43. The highest BCUT2D eigenvalue weighted by molar-refractivity contribution is 5.72. The molecule has 0 spiro atoms. The van der Waals surface area contributed by atoms with E-state index >= 15 is 0 Å². The molecule has 2 aromatic rings. The van der Waals surface area contributed by atoms with E-state index in [0.29, 0.717) is 18.2 Å². The predicted octanol–water partition coefficient (Wildman–Crippen LogP) is 2.32. The Kier molecular flexibility index (Phi) is 2.58. The molecular formula is C11H12N2O2. The average Bonchev–Trinajstić information content (AvgIpc) is 2.74. The smallest absolute Gasteiger partial charge is 0.228 e. The second kappa shape index (κ2) is 4.04. The second-order valence-electron chi connectivity index (χ2n) is 3.02. The summed E-state index contributed by atoms with van der Waals surface area (Å²) in [4.78, 5) is 4.05. The zero-order valence-corrected chi connectivity index (χ0v) is 8.43. The normalized spacial score (nSPS) is 10.2. The lowest BCUT2D eigenvalue weighted by Crippen LogP contribution is -1.94. The third-order valence-corrected chi connectivity index (χ3v) is 2.00. The lowest BCUT2D eigenvalue weighted by Gasteiger charge is -2.06. The van der Waals surface area contributed by atoms with Gasteiger partial charge in [-0.3, -0.25) is 0 Å². The molecule has 2 N–H and O–H groups in total. The second-order valence-corrected chi connectivity index (χ2v) is 3.02. The number of hydrogen-bond acceptors (Lipinski definition) is 4. The standard InChI is InChI=1S/C11H12N2O2/c1-2-14-8-3-4-10(12)9(7-8)11-13-5-6-15-11/h3-7H,2,12H2,1H3. The summed E-state index contributed by atoms with van der Waals surface area (Å²) < 4.78 is 10.6. The van der Waals surface area contributed by atoms with Crippen LogP contribution in [0.1, 0.15) is 6.92 Å². The van der Waals surface area contributed by atoms with Crippen molar-refractivity contribution in [2.75, 3.05) is 12.3 Å². The first-order valence-corrected chi connectivity index (χ1v) is 4.73. The van der Waals surface area contributed by atoms with E-state index in [4.69, 9.17) is 14.9 Å². The third-order valence-electron chi connectivity index (χ3n) is 2.00. The molecule has 78 valence electrons. The van der Waals surface area contributed by atoms with Crippen LogP contribution in [0.4, 0.5) is 5.69 Å². The maximum Gasteiger partial charge on any atom is 0.228 e. The number of benzene rings is 1. The topological polar surface area (TPSA) is 61.3 Å². The molecule has 4 nitrogen and oxygen atoms in total. The molecule has 0 atom stereocenters. The average molecular weight is 204 g/mol. The van der Waals surface area contributed by atoms with Crippen LogP contribution in [-0.2, 0) is 0 Å². The van der Waals surface area contributed by atoms with E-state index in [1.807, 2.05) is 19.1 Å². The summed E-state index contributed by atoms with van der Waals surface area (Å²) in [5.74, 6) is 1.27. The highest BCUT2D eigenvalue weighted by atomic mass is 16.5. The number of ether oxygens (including phenoxy) is 1. The summed E-state index contributed by atoms with van der Waals surface area (Å²) in [6.07, 6.45) is 3.10. The van der Waals surface area contributed by atoms with Crippen molar-refractivity contribution in [1.82, 2.24) is 4.98 Å². The van der Waals surface area contributed by atoms with E-state index in [1.54, 1.807) is 12.3 Å². The first-order chi connectivity index (χ1) is 7.31. The van der Waals surface area contributed by atoms with E-state index in [0.717, 1.165) is 11.3 Å². The summed E-state index contributed by atoms with van der Waals surface area (Å²) in [5, 5.41) is 0. The number of anilines is 1. The van der Waals surface area contributed by atoms with Crippen LogP contribution in [0.2, 0.25) is 0 Å². The third kappa shape index (κ3) is 1.93. The van der Waals surface area contributed by atoms with E-state index in [-0.39, 0.29) is 0 Å². The van der Waals surface area contributed by atoms with Crippen LogP contribution in [0.5, 0.6) is 5.75 Å². The molecule has 1 aromatic carbocycles. The lowest BCUT2D eigenvalue weighted by atomic mass is 10.1. The fraction of sp³-hybridized carbons (Fsp3) is 0.182. The lowest BCUT2D eigenvalue weighted by molar-refractivity contribution is 0.340. The molecule has 0 unspecified atom stereocenters. The molecule has 0 fully saturated rings. The summed E-state index contributed by atoms with van der Waals surface area (Å²) in [6.45, 7) is 2.55. The molecule has 0 aliphatic carbocycles. The summed E-state index contributed by atoms with van der Waals surface area (Å²) in [5.41, 5.74) is 7.20. The van der Waals surface area contributed by atoms with Gasteiger partial charge >= 0.3 is 0 Å². The minimum absolute atomic E-state index is 0.508. The van der Waals surface area contributed by atoms with Crippen molar-refractivity contribution in [3.05, 3.63) is 30.7 Å². The van der Waals surface area contributed by atoms with Crippen LogP contribution in [-0.4, -0.2) is 11.6 Å². The molecule has 0 amide bonds. The molecule has 15 heavy (non-hydrogen) atoms. The van der Waals surface area contributed by atoms with Gasteiger partial charge in [-0.15, -0.1) is 0 Å². The van der Waals surface area contributed by atoms with E-state index in [2.05, 4.69) is 4.98 Å². The molecule has 0 aliphatic rings. The minimum Gasteiger partial charge on any atom is -0.494 e. The van der Waals surface area contributed by atoms with Crippen LogP contribution >= 0.6 is 0 Å². The Hall–Kier alpha value is -1.97. The van der Waals surface area contributed by atoms with Gasteiger partial charge in [-0.1, -0.05) is 0 Å². The molecule has 1 aromatic heterocycles. The molecule has 0 bridgehead atoms. The highest BCUT2D eigenvalue weighted by Crippen LogP contribution is 2.28. The van der Waals surface area contributed by atoms with Crippen LogP contribution < -0.4 is 10.5 Å². The maximum atomic E-state index is 5.82. The molecule has 0 saturated heterocycles. The van der Waals surface area contributed by atoms with Gasteiger partial charge in [-0.05, 0) is 25.1 Å². The van der Waals surface area contributed by atoms with E-state index in [1.165, 1.54) is 6.26 Å². The molecule has 0 aliphatic heterocycles. The summed E-state index contributed by atoms with van der Waals surface area (Å²) in [7, 11) is 0.